The standard InChI is InChI=1S/C17H16N4O7/c1-10-5-14(19-28-10)18-15(22)9-27-17(24)11-6-16(23)20(8-11)12-3-2-4-13(7-12)21(25)26/h2-5,7,11H,6,8-9H2,1H3,(H,18,19,22). The van der Waals surface area contributed by atoms with Gasteiger partial charge in [0.1, 0.15) is 5.76 Å². The van der Waals surface area contributed by atoms with E-state index in [1.165, 1.54) is 29.2 Å². The van der Waals surface area contributed by atoms with Crippen molar-refractivity contribution >= 4 is 35.0 Å². The Bertz CT molecular complexity index is 939. The second-order valence-electron chi connectivity index (χ2n) is 6.16. The summed E-state index contributed by atoms with van der Waals surface area (Å²) in [7, 11) is 0. The lowest BCUT2D eigenvalue weighted by molar-refractivity contribution is -0.384. The van der Waals surface area contributed by atoms with Crippen LogP contribution in [0.15, 0.2) is 34.9 Å². The highest BCUT2D eigenvalue weighted by atomic mass is 16.6. The maximum atomic E-state index is 12.2. The first-order valence-electron chi connectivity index (χ1n) is 8.28. The number of carbonyl (C=O) groups is 3. The average Bonchev–Trinajstić information content (AvgIpc) is 3.25. The molecule has 2 heterocycles. The number of hydrogen-bond acceptors (Lipinski definition) is 8. The van der Waals surface area contributed by atoms with E-state index in [2.05, 4.69) is 10.5 Å². The van der Waals surface area contributed by atoms with Gasteiger partial charge in [-0.1, -0.05) is 11.2 Å². The Kier molecular flexibility index (Phi) is 5.34. The van der Waals surface area contributed by atoms with Crippen molar-refractivity contribution in [1.82, 2.24) is 5.16 Å². The molecule has 11 heteroatoms. The summed E-state index contributed by atoms with van der Waals surface area (Å²) >= 11 is 0. The lowest BCUT2D eigenvalue weighted by Gasteiger charge is -2.16. The van der Waals surface area contributed by atoms with Crippen molar-refractivity contribution in [3.05, 3.63) is 46.2 Å². The number of amides is 2. The smallest absolute Gasteiger partial charge is 0.311 e. The Morgan fingerprint density at radius 3 is 2.89 bits per heavy atom. The minimum Gasteiger partial charge on any atom is -0.455 e. The first-order chi connectivity index (χ1) is 13.3. The molecule has 1 N–H and O–H groups in total. The van der Waals surface area contributed by atoms with Crippen LogP contribution in [0.25, 0.3) is 0 Å². The molecule has 2 aromatic rings. The van der Waals surface area contributed by atoms with Crippen LogP contribution in [0.4, 0.5) is 17.2 Å². The van der Waals surface area contributed by atoms with Crippen molar-refractivity contribution in [2.45, 2.75) is 13.3 Å². The third kappa shape index (κ3) is 4.31. The van der Waals surface area contributed by atoms with Crippen LogP contribution in [-0.2, 0) is 19.1 Å². The molecular formula is C17H16N4O7. The van der Waals surface area contributed by atoms with Gasteiger partial charge in [-0.15, -0.1) is 0 Å². The summed E-state index contributed by atoms with van der Waals surface area (Å²) in [5.74, 6) is -1.71. The molecule has 28 heavy (non-hydrogen) atoms. The molecule has 1 aliphatic heterocycles. The van der Waals surface area contributed by atoms with Crippen molar-refractivity contribution in [2.24, 2.45) is 5.92 Å². The van der Waals surface area contributed by atoms with Gasteiger partial charge in [-0.05, 0) is 13.0 Å². The SMILES string of the molecule is Cc1cc(NC(=O)COC(=O)C2CC(=O)N(c3cccc([N+](=O)[O-])c3)C2)no1. The molecule has 0 radical (unpaired) electrons. The Balaban J connectivity index is 1.55. The highest BCUT2D eigenvalue weighted by Gasteiger charge is 2.36. The molecular weight excluding hydrogens is 372 g/mol. The topological polar surface area (TPSA) is 145 Å². The van der Waals surface area contributed by atoms with Gasteiger partial charge in [-0.2, -0.15) is 0 Å². The lowest BCUT2D eigenvalue weighted by atomic mass is 10.1. The number of nitro benzene ring substituents is 1. The van der Waals surface area contributed by atoms with Gasteiger partial charge in [0, 0.05) is 31.2 Å². The number of aromatic nitrogens is 1. The summed E-state index contributed by atoms with van der Waals surface area (Å²) < 4.78 is 9.77. The molecule has 1 unspecified atom stereocenters. The number of ether oxygens (including phenoxy) is 1. The number of hydrogen-bond donors (Lipinski definition) is 1. The Labute approximate surface area is 158 Å². The monoisotopic (exact) mass is 388 g/mol. The van der Waals surface area contributed by atoms with Gasteiger partial charge in [0.2, 0.25) is 5.91 Å². The second kappa shape index (κ2) is 7.86. The summed E-state index contributed by atoms with van der Waals surface area (Å²) in [5.41, 5.74) is 0.171. The zero-order valence-electron chi connectivity index (χ0n) is 14.8. The molecule has 11 nitrogen and oxygen atoms in total. The first kappa shape index (κ1) is 19.0. The first-order valence-corrected chi connectivity index (χ1v) is 8.28. The number of rotatable bonds is 6. The Morgan fingerprint density at radius 2 is 2.21 bits per heavy atom. The number of anilines is 2. The van der Waals surface area contributed by atoms with Gasteiger partial charge in [0.15, 0.2) is 12.4 Å². The Morgan fingerprint density at radius 1 is 1.43 bits per heavy atom. The van der Waals surface area contributed by atoms with Gasteiger partial charge < -0.3 is 19.5 Å². The zero-order valence-corrected chi connectivity index (χ0v) is 14.8. The summed E-state index contributed by atoms with van der Waals surface area (Å²) in [4.78, 5) is 47.8. The number of aryl methyl sites for hydroxylation is 1. The van der Waals surface area contributed by atoms with E-state index >= 15 is 0 Å². The maximum absolute atomic E-state index is 12.2. The van der Waals surface area contributed by atoms with Crippen LogP contribution in [-0.4, -0.2) is 41.0 Å². The van der Waals surface area contributed by atoms with Gasteiger partial charge in [-0.25, -0.2) is 0 Å². The minimum absolute atomic E-state index is 0.0168. The highest BCUT2D eigenvalue weighted by Crippen LogP contribution is 2.28. The fraction of sp³-hybridized carbons (Fsp3) is 0.294. The van der Waals surface area contributed by atoms with E-state index in [4.69, 9.17) is 9.26 Å². The molecule has 0 saturated carbocycles. The number of benzene rings is 1. The molecule has 3 rings (SSSR count). The van der Waals surface area contributed by atoms with Gasteiger partial charge in [0.05, 0.1) is 16.5 Å². The van der Waals surface area contributed by atoms with Crippen LogP contribution in [0.1, 0.15) is 12.2 Å². The number of nitrogens with zero attached hydrogens (tertiary/aromatic N) is 3. The molecule has 1 aromatic heterocycles. The van der Waals surface area contributed by atoms with Crippen LogP contribution in [0, 0.1) is 23.0 Å². The third-order valence-electron chi connectivity index (χ3n) is 4.05. The molecule has 1 saturated heterocycles. The molecule has 1 fully saturated rings. The number of non-ortho nitro benzene ring substituents is 1. The number of esters is 1. The fourth-order valence-corrected chi connectivity index (χ4v) is 2.75. The van der Waals surface area contributed by atoms with Gasteiger partial charge in [0.25, 0.3) is 11.6 Å². The summed E-state index contributed by atoms with van der Waals surface area (Å²) in [6.45, 7) is 1.14. The third-order valence-corrected chi connectivity index (χ3v) is 4.05. The van der Waals surface area contributed by atoms with E-state index < -0.39 is 29.3 Å². The van der Waals surface area contributed by atoms with Crippen molar-refractivity contribution in [3.8, 4) is 0 Å². The van der Waals surface area contributed by atoms with Crippen molar-refractivity contribution in [2.75, 3.05) is 23.4 Å². The van der Waals surface area contributed by atoms with Crippen LogP contribution in [0.3, 0.4) is 0 Å². The summed E-state index contributed by atoms with van der Waals surface area (Å²) in [5, 5.41) is 16.9. The molecule has 0 aliphatic carbocycles. The van der Waals surface area contributed by atoms with Crippen LogP contribution < -0.4 is 10.2 Å². The zero-order chi connectivity index (χ0) is 20.3. The van der Waals surface area contributed by atoms with Crippen molar-refractivity contribution in [1.29, 1.82) is 0 Å². The summed E-state index contributed by atoms with van der Waals surface area (Å²) in [6.07, 6.45) is -0.106. The highest BCUT2D eigenvalue weighted by molar-refractivity contribution is 6.00. The van der Waals surface area contributed by atoms with Crippen LogP contribution in [0.5, 0.6) is 0 Å². The van der Waals surface area contributed by atoms with Crippen molar-refractivity contribution < 1.29 is 28.6 Å². The normalized spacial score (nSPS) is 16.1. The average molecular weight is 388 g/mol. The Hall–Kier alpha value is -3.76. The molecule has 1 atom stereocenters. The van der Waals surface area contributed by atoms with E-state index in [0.29, 0.717) is 11.4 Å². The summed E-state index contributed by atoms with van der Waals surface area (Å²) in [6, 6.07) is 7.09. The second-order valence-corrected chi connectivity index (χ2v) is 6.16. The van der Waals surface area contributed by atoms with Gasteiger partial charge in [-0.3, -0.25) is 24.5 Å². The van der Waals surface area contributed by atoms with E-state index in [9.17, 15) is 24.5 Å². The van der Waals surface area contributed by atoms with E-state index in [0.717, 1.165) is 0 Å². The molecule has 146 valence electrons. The molecule has 1 aromatic carbocycles. The number of carbonyl (C=O) groups excluding carboxylic acids is 3. The maximum Gasteiger partial charge on any atom is 0.311 e. The molecule has 0 spiro atoms. The largest absolute Gasteiger partial charge is 0.455 e. The van der Waals surface area contributed by atoms with E-state index in [-0.39, 0.29) is 30.4 Å². The van der Waals surface area contributed by atoms with Gasteiger partial charge >= 0.3 is 5.97 Å². The molecule has 2 amide bonds. The van der Waals surface area contributed by atoms with E-state index in [1.54, 1.807) is 13.0 Å². The number of nitro groups is 1. The fourth-order valence-electron chi connectivity index (χ4n) is 2.75. The number of nitrogens with one attached hydrogen (secondary N) is 1. The molecule has 1 aliphatic rings. The van der Waals surface area contributed by atoms with Crippen LogP contribution in [0.2, 0.25) is 0 Å². The van der Waals surface area contributed by atoms with Crippen molar-refractivity contribution in [3.63, 3.8) is 0 Å². The predicted octanol–water partition coefficient (Wildman–Crippen LogP) is 1.43. The predicted molar refractivity (Wildman–Crippen MR) is 94.4 cm³/mol. The van der Waals surface area contributed by atoms with E-state index in [1.807, 2.05) is 0 Å². The molecule has 0 bridgehead atoms. The van der Waals surface area contributed by atoms with Crippen LogP contribution >= 0.6 is 0 Å². The lowest BCUT2D eigenvalue weighted by Crippen LogP contribution is -2.28. The minimum atomic E-state index is -0.770. The quantitative estimate of drug-likeness (QED) is 0.444.